The number of nitrogens with zero attached hydrogens (tertiary/aromatic N) is 2. The summed E-state index contributed by atoms with van der Waals surface area (Å²) >= 11 is 0. The molecule has 0 aromatic heterocycles. The average molecular weight is 431 g/mol. The third kappa shape index (κ3) is 4.30. The first-order valence-corrected chi connectivity index (χ1v) is 10.6. The third-order valence-electron chi connectivity index (χ3n) is 6.03. The highest BCUT2D eigenvalue weighted by molar-refractivity contribution is 6.01. The zero-order valence-electron chi connectivity index (χ0n) is 18.1. The van der Waals surface area contributed by atoms with E-state index in [-0.39, 0.29) is 36.9 Å². The van der Waals surface area contributed by atoms with Crippen molar-refractivity contribution >= 4 is 18.0 Å². The molecule has 0 spiro atoms. The van der Waals surface area contributed by atoms with E-state index in [0.717, 1.165) is 18.4 Å². The van der Waals surface area contributed by atoms with Crippen molar-refractivity contribution in [3.05, 3.63) is 48.2 Å². The summed E-state index contributed by atoms with van der Waals surface area (Å²) in [5.41, 5.74) is 1.74. The summed E-state index contributed by atoms with van der Waals surface area (Å²) in [6.07, 6.45) is 5.83. The van der Waals surface area contributed by atoms with Gasteiger partial charge in [-0.3, -0.25) is 4.79 Å². The maximum Gasteiger partial charge on any atom is 0.410 e. The van der Waals surface area contributed by atoms with Gasteiger partial charge in [-0.2, -0.15) is 0 Å². The van der Waals surface area contributed by atoms with E-state index in [2.05, 4.69) is 13.2 Å². The van der Waals surface area contributed by atoms with Gasteiger partial charge in [0.05, 0.1) is 24.1 Å². The highest BCUT2D eigenvalue weighted by Gasteiger charge is 2.57. The van der Waals surface area contributed by atoms with Gasteiger partial charge >= 0.3 is 12.1 Å². The number of allylic oxidation sites excluding steroid dienone is 1. The SMILES string of the molecule is C=CCOC(=O)C1=C(C(C)=C[C@H]2CCCN2C(=O)OCC=C)C[C@@H]2[C@@H]([C@@H](C)O)C(=O)N12. The second kappa shape index (κ2) is 9.51. The number of hydrogen-bond donors (Lipinski definition) is 1. The van der Waals surface area contributed by atoms with E-state index in [9.17, 15) is 19.5 Å². The molecule has 0 unspecified atom stereocenters. The largest absolute Gasteiger partial charge is 0.457 e. The van der Waals surface area contributed by atoms with Crippen LogP contribution in [0, 0.1) is 5.92 Å². The number of β-lactam (4-membered cyclic amide) rings is 1. The molecule has 3 heterocycles. The highest BCUT2D eigenvalue weighted by Crippen LogP contribution is 2.46. The normalized spacial score (nSPS) is 26.4. The van der Waals surface area contributed by atoms with Crippen molar-refractivity contribution in [3.8, 4) is 0 Å². The van der Waals surface area contributed by atoms with Gasteiger partial charge in [0.15, 0.2) is 0 Å². The number of hydrogen-bond acceptors (Lipinski definition) is 6. The van der Waals surface area contributed by atoms with E-state index < -0.39 is 24.1 Å². The zero-order chi connectivity index (χ0) is 22.7. The molecule has 0 aromatic rings. The lowest BCUT2D eigenvalue weighted by atomic mass is 9.82. The van der Waals surface area contributed by atoms with Gasteiger partial charge in [-0.05, 0) is 44.3 Å². The number of amides is 2. The maximum atomic E-state index is 12.8. The fourth-order valence-corrected chi connectivity index (χ4v) is 4.61. The van der Waals surface area contributed by atoms with Crippen LogP contribution in [0.15, 0.2) is 48.2 Å². The van der Waals surface area contributed by atoms with Crippen molar-refractivity contribution < 1.29 is 29.0 Å². The quantitative estimate of drug-likeness (QED) is 0.361. The van der Waals surface area contributed by atoms with Crippen LogP contribution in [0.5, 0.6) is 0 Å². The molecule has 0 saturated carbocycles. The van der Waals surface area contributed by atoms with Crippen LogP contribution < -0.4 is 0 Å². The fourth-order valence-electron chi connectivity index (χ4n) is 4.61. The zero-order valence-corrected chi connectivity index (χ0v) is 18.1. The van der Waals surface area contributed by atoms with E-state index in [1.165, 1.54) is 17.1 Å². The molecule has 3 aliphatic rings. The van der Waals surface area contributed by atoms with Crippen molar-refractivity contribution in [2.24, 2.45) is 5.92 Å². The Morgan fingerprint density at radius 3 is 2.58 bits per heavy atom. The lowest BCUT2D eigenvalue weighted by Gasteiger charge is -2.44. The Kier molecular flexibility index (Phi) is 7.00. The molecule has 0 radical (unpaired) electrons. The summed E-state index contributed by atoms with van der Waals surface area (Å²) in [5.74, 6) is -1.40. The van der Waals surface area contributed by atoms with Crippen molar-refractivity contribution in [1.82, 2.24) is 9.80 Å². The number of aliphatic hydroxyl groups is 1. The number of esters is 1. The molecule has 2 fully saturated rings. The minimum absolute atomic E-state index is 0.0381. The van der Waals surface area contributed by atoms with Crippen molar-refractivity contribution in [2.45, 2.75) is 51.3 Å². The number of fused-ring (bicyclic) bond motifs is 1. The number of likely N-dealkylation sites (tertiary alicyclic amines) is 1. The van der Waals surface area contributed by atoms with Gasteiger partial charge in [-0.1, -0.05) is 31.4 Å². The smallest absolute Gasteiger partial charge is 0.410 e. The lowest BCUT2D eigenvalue weighted by molar-refractivity contribution is -0.162. The fraction of sp³-hybridized carbons (Fsp3) is 0.522. The van der Waals surface area contributed by atoms with Crippen LogP contribution in [-0.2, 0) is 19.1 Å². The number of ether oxygens (including phenoxy) is 2. The molecule has 8 nitrogen and oxygen atoms in total. The van der Waals surface area contributed by atoms with Crippen LogP contribution in [-0.4, -0.2) is 70.8 Å². The molecule has 0 bridgehead atoms. The van der Waals surface area contributed by atoms with Crippen molar-refractivity contribution in [1.29, 1.82) is 0 Å². The molecular weight excluding hydrogens is 400 g/mol. The Morgan fingerprint density at radius 2 is 1.94 bits per heavy atom. The Balaban J connectivity index is 1.88. The molecule has 31 heavy (non-hydrogen) atoms. The van der Waals surface area contributed by atoms with Gasteiger partial charge in [0.2, 0.25) is 5.91 Å². The molecule has 168 valence electrons. The lowest BCUT2D eigenvalue weighted by Crippen LogP contribution is -2.61. The average Bonchev–Trinajstić information content (AvgIpc) is 3.32. The Bertz CT molecular complexity index is 843. The number of rotatable bonds is 8. The van der Waals surface area contributed by atoms with Gasteiger partial charge in [-0.25, -0.2) is 9.59 Å². The first-order valence-electron chi connectivity index (χ1n) is 10.6. The van der Waals surface area contributed by atoms with Crippen LogP contribution in [0.25, 0.3) is 0 Å². The molecule has 0 aliphatic carbocycles. The van der Waals surface area contributed by atoms with Crippen molar-refractivity contribution in [2.75, 3.05) is 19.8 Å². The van der Waals surface area contributed by atoms with Crippen LogP contribution in [0.1, 0.15) is 33.1 Å². The standard InChI is InChI=1S/C23H30N2O6/c1-5-10-30-22(28)20-17(13-18-19(15(4)26)21(27)25(18)20)14(3)12-16-8-7-9-24(16)23(29)31-11-6-2/h5-6,12,15-16,18-19,26H,1-2,7-11,13H2,3-4H3/t15-,16-,18-,19-/m1/s1. The molecule has 4 atom stereocenters. The van der Waals surface area contributed by atoms with E-state index in [1.54, 1.807) is 11.8 Å². The Hall–Kier alpha value is -2.87. The molecule has 3 aliphatic heterocycles. The summed E-state index contributed by atoms with van der Waals surface area (Å²) in [6.45, 7) is 11.3. The van der Waals surface area contributed by atoms with E-state index in [0.29, 0.717) is 18.5 Å². The van der Waals surface area contributed by atoms with Crippen LogP contribution in [0.4, 0.5) is 4.79 Å². The van der Waals surface area contributed by atoms with Gasteiger partial charge in [0.1, 0.15) is 18.9 Å². The molecule has 8 heteroatoms. The first-order chi connectivity index (χ1) is 14.8. The molecule has 3 rings (SSSR count). The van der Waals surface area contributed by atoms with Gasteiger partial charge < -0.3 is 24.4 Å². The maximum absolute atomic E-state index is 12.8. The van der Waals surface area contributed by atoms with Crippen LogP contribution in [0.3, 0.4) is 0 Å². The van der Waals surface area contributed by atoms with E-state index >= 15 is 0 Å². The molecule has 2 amide bonds. The summed E-state index contributed by atoms with van der Waals surface area (Å²) in [6, 6.07) is -0.429. The van der Waals surface area contributed by atoms with E-state index in [1.807, 2.05) is 13.0 Å². The summed E-state index contributed by atoms with van der Waals surface area (Å²) in [4.78, 5) is 40.8. The predicted octanol–water partition coefficient (Wildman–Crippen LogP) is 2.31. The van der Waals surface area contributed by atoms with Crippen LogP contribution in [0.2, 0.25) is 0 Å². The summed E-state index contributed by atoms with van der Waals surface area (Å²) < 4.78 is 10.4. The second-order valence-corrected chi connectivity index (χ2v) is 8.08. The van der Waals surface area contributed by atoms with E-state index in [4.69, 9.17) is 9.47 Å². The number of aliphatic hydroxyl groups excluding tert-OH is 1. The predicted molar refractivity (Wildman–Crippen MR) is 114 cm³/mol. The topological polar surface area (TPSA) is 96.4 Å². The summed E-state index contributed by atoms with van der Waals surface area (Å²) in [7, 11) is 0. The minimum Gasteiger partial charge on any atom is -0.457 e. The van der Waals surface area contributed by atoms with Gasteiger partial charge in [0.25, 0.3) is 0 Å². The van der Waals surface area contributed by atoms with Gasteiger partial charge in [0, 0.05) is 6.54 Å². The molecular formula is C23H30N2O6. The van der Waals surface area contributed by atoms with Gasteiger partial charge in [-0.15, -0.1) is 0 Å². The first kappa shape index (κ1) is 22.8. The molecule has 1 N–H and O–H groups in total. The second-order valence-electron chi connectivity index (χ2n) is 8.08. The summed E-state index contributed by atoms with van der Waals surface area (Å²) in [5, 5.41) is 10.0. The molecule has 0 aromatic carbocycles. The number of carbonyl (C=O) groups is 3. The minimum atomic E-state index is -0.798. The monoisotopic (exact) mass is 430 g/mol. The van der Waals surface area contributed by atoms with Crippen molar-refractivity contribution in [3.63, 3.8) is 0 Å². The van der Waals surface area contributed by atoms with Crippen LogP contribution >= 0.6 is 0 Å². The highest BCUT2D eigenvalue weighted by atomic mass is 16.6. The Labute approximate surface area is 182 Å². The Morgan fingerprint density at radius 1 is 1.26 bits per heavy atom. The molecule has 2 saturated heterocycles. The third-order valence-corrected chi connectivity index (χ3v) is 6.03. The number of carbonyl (C=O) groups excluding carboxylic acids is 3.